The average molecular weight is 491 g/mol. The molecule has 4 aromatic rings. The van der Waals surface area contributed by atoms with E-state index in [1.54, 1.807) is 43.3 Å². The monoisotopic (exact) mass is 490 g/mol. The topological polar surface area (TPSA) is 52.3 Å². The molecular weight excluding hydrogens is 468 g/mol. The van der Waals surface area contributed by atoms with Crippen LogP contribution in [0.2, 0.25) is 0 Å². The minimum Gasteiger partial charge on any atom is -1.00 e. The van der Waals surface area contributed by atoms with Crippen LogP contribution in [0, 0.1) is 0 Å². The summed E-state index contributed by atoms with van der Waals surface area (Å²) in [7, 11) is 3.12. The van der Waals surface area contributed by atoms with Crippen LogP contribution < -0.4 is 31.0 Å². The van der Waals surface area contributed by atoms with Gasteiger partial charge in [-0.3, -0.25) is 4.79 Å². The van der Waals surface area contributed by atoms with E-state index in [0.717, 1.165) is 16.8 Å². The number of carbonyl (C=O) groups is 1. The van der Waals surface area contributed by atoms with E-state index in [9.17, 15) is 4.79 Å². The van der Waals surface area contributed by atoms with E-state index in [4.69, 9.17) is 9.47 Å². The van der Waals surface area contributed by atoms with Gasteiger partial charge in [-0.05, 0) is 46.4 Å². The van der Waals surface area contributed by atoms with Crippen LogP contribution in [-0.4, -0.2) is 25.0 Å². The first kappa shape index (κ1) is 23.2. The Labute approximate surface area is 198 Å². The molecule has 5 nitrogen and oxygen atoms in total. The van der Waals surface area contributed by atoms with Gasteiger partial charge in [0.25, 0.3) is 6.33 Å². The van der Waals surface area contributed by atoms with Gasteiger partial charge in [0.15, 0.2) is 23.7 Å². The molecule has 3 aromatic carbocycles. The normalized spacial score (nSPS) is 10.2. The van der Waals surface area contributed by atoms with Crippen LogP contribution >= 0.6 is 0 Å². The molecule has 0 spiro atoms. The summed E-state index contributed by atoms with van der Waals surface area (Å²) in [5.74, 6) is 1.09. The number of carbonyl (C=O) groups excluding carboxylic acids is 1. The Balaban J connectivity index is 0.00000289. The van der Waals surface area contributed by atoms with Gasteiger partial charge in [-0.1, -0.05) is 42.5 Å². The highest BCUT2D eigenvalue weighted by Gasteiger charge is 2.14. The Morgan fingerprint density at radius 3 is 2.09 bits per heavy atom. The quantitative estimate of drug-likeness (QED) is 0.291. The minimum absolute atomic E-state index is 0. The predicted octanol–water partition coefficient (Wildman–Crippen LogP) is 1.61. The van der Waals surface area contributed by atoms with Crippen LogP contribution in [0.5, 0.6) is 11.5 Å². The van der Waals surface area contributed by atoms with Gasteiger partial charge in [-0.2, -0.15) is 0 Å². The third kappa shape index (κ3) is 5.21. The number of methoxy groups -OCH3 is 2. The van der Waals surface area contributed by atoms with Crippen molar-refractivity contribution in [3.8, 4) is 33.9 Å². The number of aromatic nitrogens is 2. The summed E-state index contributed by atoms with van der Waals surface area (Å²) >= 11 is 0. The van der Waals surface area contributed by atoms with Crippen molar-refractivity contribution in [3.63, 3.8) is 0 Å². The number of halogens is 1. The molecule has 0 aliphatic carbocycles. The molecule has 0 atom stereocenters. The van der Waals surface area contributed by atoms with Crippen molar-refractivity contribution in [2.75, 3.05) is 14.2 Å². The van der Waals surface area contributed by atoms with E-state index in [2.05, 4.69) is 41.4 Å². The number of ether oxygens (including phenoxy) is 2. The second kappa shape index (κ2) is 10.7. The first-order valence-electron chi connectivity index (χ1n) is 9.94. The number of Topliss-reactive ketones (excluding diaryl/α,β-unsaturated/α-hetero) is 1. The van der Waals surface area contributed by atoms with E-state index in [-0.39, 0.29) is 29.3 Å². The van der Waals surface area contributed by atoms with Crippen molar-refractivity contribution >= 4 is 5.78 Å². The lowest BCUT2D eigenvalue weighted by atomic mass is 10.0. The molecule has 0 amide bonds. The minimum atomic E-state index is -0.0345. The number of hydrogen-bond donors (Lipinski definition) is 0. The zero-order chi connectivity index (χ0) is 21.6. The molecule has 4 rings (SSSR count). The molecular formula is C26H23BrN2O3. The van der Waals surface area contributed by atoms with Crippen LogP contribution in [0.4, 0.5) is 0 Å². The van der Waals surface area contributed by atoms with E-state index >= 15 is 0 Å². The molecule has 0 aliphatic heterocycles. The van der Waals surface area contributed by atoms with Crippen LogP contribution in [0.3, 0.4) is 0 Å². The number of benzene rings is 3. The van der Waals surface area contributed by atoms with Crippen molar-refractivity contribution in [1.82, 2.24) is 4.98 Å². The Hall–Kier alpha value is -3.51. The fourth-order valence-electron chi connectivity index (χ4n) is 3.38. The van der Waals surface area contributed by atoms with Crippen molar-refractivity contribution in [2.24, 2.45) is 0 Å². The molecule has 0 aliphatic rings. The molecule has 0 fully saturated rings. The van der Waals surface area contributed by atoms with Gasteiger partial charge in [0, 0.05) is 17.2 Å². The molecule has 0 bridgehead atoms. The molecule has 32 heavy (non-hydrogen) atoms. The van der Waals surface area contributed by atoms with Crippen LogP contribution in [-0.2, 0) is 6.54 Å². The van der Waals surface area contributed by atoms with Crippen molar-refractivity contribution < 1.29 is 35.8 Å². The molecule has 162 valence electrons. The Morgan fingerprint density at radius 1 is 0.812 bits per heavy atom. The zero-order valence-electron chi connectivity index (χ0n) is 17.9. The summed E-state index contributed by atoms with van der Waals surface area (Å²) in [5, 5.41) is 0. The van der Waals surface area contributed by atoms with E-state index in [1.165, 1.54) is 5.56 Å². The van der Waals surface area contributed by atoms with Gasteiger partial charge in [-0.25, -0.2) is 4.57 Å². The average Bonchev–Trinajstić information content (AvgIpc) is 2.84. The fourth-order valence-corrected chi connectivity index (χ4v) is 3.38. The lowest BCUT2D eigenvalue weighted by Crippen LogP contribution is -3.00. The summed E-state index contributed by atoms with van der Waals surface area (Å²) < 4.78 is 12.3. The van der Waals surface area contributed by atoms with Gasteiger partial charge in [0.05, 0.1) is 20.4 Å². The maximum absolute atomic E-state index is 12.7. The van der Waals surface area contributed by atoms with E-state index < -0.39 is 0 Å². The first-order chi connectivity index (χ1) is 15.2. The van der Waals surface area contributed by atoms with Crippen LogP contribution in [0.1, 0.15) is 10.4 Å². The highest BCUT2D eigenvalue weighted by atomic mass is 79.9. The highest BCUT2D eigenvalue weighted by Crippen LogP contribution is 2.27. The van der Waals surface area contributed by atoms with Gasteiger partial charge in [0.1, 0.15) is 0 Å². The van der Waals surface area contributed by atoms with Gasteiger partial charge >= 0.3 is 0 Å². The van der Waals surface area contributed by atoms with Gasteiger partial charge < -0.3 is 26.5 Å². The van der Waals surface area contributed by atoms with Crippen molar-refractivity contribution in [2.45, 2.75) is 6.54 Å². The molecule has 0 unspecified atom stereocenters. The maximum atomic E-state index is 12.7. The largest absolute Gasteiger partial charge is 1.00 e. The van der Waals surface area contributed by atoms with E-state index in [0.29, 0.717) is 17.1 Å². The number of rotatable bonds is 7. The lowest BCUT2D eigenvalue weighted by molar-refractivity contribution is -0.686. The Bertz CT molecular complexity index is 1180. The first-order valence-corrected chi connectivity index (χ1v) is 9.94. The fraction of sp³-hybridized carbons (Fsp3) is 0.115. The molecule has 0 saturated carbocycles. The van der Waals surface area contributed by atoms with Crippen molar-refractivity contribution in [1.29, 1.82) is 0 Å². The molecule has 1 heterocycles. The van der Waals surface area contributed by atoms with E-state index in [1.807, 2.05) is 30.5 Å². The standard InChI is InChI=1S/C26H23N2O3.BrH/c1-30-25-13-12-22(16-26(25)31-2)24(29)17-28-15-14-23(27-18-28)21-10-8-20(9-11-21)19-6-4-3-5-7-19;/h3-16,18H,17H2,1-2H3;1H/q+1;/p-1. The number of ketones is 1. The van der Waals surface area contributed by atoms with Crippen molar-refractivity contribution in [3.05, 3.63) is 97.0 Å². The predicted molar refractivity (Wildman–Crippen MR) is 119 cm³/mol. The summed E-state index contributed by atoms with van der Waals surface area (Å²) in [6.07, 6.45) is 3.55. The highest BCUT2D eigenvalue weighted by molar-refractivity contribution is 5.95. The Kier molecular flexibility index (Phi) is 7.73. The summed E-state index contributed by atoms with van der Waals surface area (Å²) in [6.45, 7) is 0.190. The lowest BCUT2D eigenvalue weighted by Gasteiger charge is -2.08. The molecule has 0 radical (unpaired) electrons. The van der Waals surface area contributed by atoms with Crippen LogP contribution in [0.15, 0.2) is 91.4 Å². The second-order valence-corrected chi connectivity index (χ2v) is 7.05. The number of nitrogens with zero attached hydrogens (tertiary/aromatic N) is 2. The molecule has 0 N–H and O–H groups in total. The second-order valence-electron chi connectivity index (χ2n) is 7.05. The third-order valence-electron chi connectivity index (χ3n) is 5.09. The smallest absolute Gasteiger partial charge is 0.287 e. The third-order valence-corrected chi connectivity index (χ3v) is 5.09. The SMILES string of the molecule is COc1ccc(C(=O)C[n+]2ccc(-c3ccc(-c4ccccc4)cc3)nc2)cc1OC.[Br-]. The zero-order valence-corrected chi connectivity index (χ0v) is 19.5. The summed E-state index contributed by atoms with van der Waals surface area (Å²) in [5.41, 5.74) is 4.79. The Morgan fingerprint density at radius 2 is 1.47 bits per heavy atom. The summed E-state index contributed by atoms with van der Waals surface area (Å²) in [6, 6.07) is 25.6. The molecule has 6 heteroatoms. The van der Waals surface area contributed by atoms with Gasteiger partial charge in [-0.15, -0.1) is 0 Å². The summed E-state index contributed by atoms with van der Waals surface area (Å²) in [4.78, 5) is 17.2. The van der Waals surface area contributed by atoms with Gasteiger partial charge in [0.2, 0.25) is 5.78 Å². The van der Waals surface area contributed by atoms with Crippen LogP contribution in [0.25, 0.3) is 22.4 Å². The molecule has 1 aromatic heterocycles. The maximum Gasteiger partial charge on any atom is 0.287 e. The molecule has 0 saturated heterocycles. The number of hydrogen-bond acceptors (Lipinski definition) is 4.